The molecule has 3 unspecified atom stereocenters. The van der Waals surface area contributed by atoms with E-state index in [1.165, 1.54) is 0 Å². The summed E-state index contributed by atoms with van der Waals surface area (Å²) in [5.74, 6) is -1.06. The highest BCUT2D eigenvalue weighted by atomic mass is 32.2. The number of hydrogen-bond acceptors (Lipinski definition) is 7. The minimum atomic E-state index is -3.67. The minimum absolute atomic E-state index is 0.0338. The number of carbonyl (C=O) groups is 1. The Hall–Kier alpha value is -0.560. The fourth-order valence-corrected chi connectivity index (χ4v) is 4.69. The van der Waals surface area contributed by atoms with Crippen molar-refractivity contribution in [2.75, 3.05) is 32.2 Å². The van der Waals surface area contributed by atoms with Crippen LogP contribution in [-0.2, 0) is 33.1 Å². The van der Waals surface area contributed by atoms with Gasteiger partial charge in [0.2, 0.25) is 5.60 Å². The van der Waals surface area contributed by atoms with E-state index in [0.29, 0.717) is 0 Å². The molecular formula is C16H30O7PS+. The number of ether oxygens (including phenoxy) is 2. The second-order valence-corrected chi connectivity index (χ2v) is 8.64. The predicted molar refractivity (Wildman–Crippen MR) is 95.7 cm³/mol. The number of esters is 1. The van der Waals surface area contributed by atoms with Crippen molar-refractivity contribution in [3.8, 4) is 0 Å². The molecule has 0 radical (unpaired) electrons. The highest BCUT2D eigenvalue weighted by Crippen LogP contribution is 2.40. The summed E-state index contributed by atoms with van der Waals surface area (Å²) in [6.45, 7) is 3.66. The molecule has 1 rings (SSSR count). The molecule has 0 heterocycles. The largest absolute Gasteiger partial charge is 0.464 e. The van der Waals surface area contributed by atoms with Crippen LogP contribution in [0.15, 0.2) is 0 Å². The van der Waals surface area contributed by atoms with E-state index < -0.39 is 36.1 Å². The van der Waals surface area contributed by atoms with Crippen molar-refractivity contribution >= 4 is 24.5 Å². The molecule has 1 aliphatic rings. The van der Waals surface area contributed by atoms with Gasteiger partial charge in [0.25, 0.3) is 10.1 Å². The normalized spacial score (nSPS) is 20.1. The zero-order valence-electron chi connectivity index (χ0n) is 15.3. The van der Waals surface area contributed by atoms with Crippen LogP contribution in [0, 0.1) is 11.8 Å². The highest BCUT2D eigenvalue weighted by Gasteiger charge is 2.54. The Morgan fingerprint density at radius 1 is 1.20 bits per heavy atom. The first-order valence-electron chi connectivity index (χ1n) is 8.81. The number of hydrogen-bond donors (Lipinski definition) is 0. The lowest BCUT2D eigenvalue weighted by Gasteiger charge is -2.40. The van der Waals surface area contributed by atoms with Gasteiger partial charge in [-0.2, -0.15) is 8.42 Å². The van der Waals surface area contributed by atoms with E-state index in [9.17, 15) is 17.8 Å². The summed E-state index contributed by atoms with van der Waals surface area (Å²) < 4.78 is 50.6. The zero-order chi connectivity index (χ0) is 18.9. The Kier molecular flexibility index (Phi) is 9.49. The van der Waals surface area contributed by atoms with Gasteiger partial charge in [0, 0.05) is 12.5 Å². The summed E-state index contributed by atoms with van der Waals surface area (Å²) in [6, 6.07) is 0. The monoisotopic (exact) mass is 397 g/mol. The van der Waals surface area contributed by atoms with E-state index in [1.54, 1.807) is 13.8 Å². The van der Waals surface area contributed by atoms with E-state index in [4.69, 9.17) is 13.7 Å². The first-order valence-corrected chi connectivity index (χ1v) is 11.7. The van der Waals surface area contributed by atoms with Crippen molar-refractivity contribution in [3.05, 3.63) is 0 Å². The van der Waals surface area contributed by atoms with Crippen LogP contribution < -0.4 is 0 Å². The Morgan fingerprint density at radius 2 is 1.84 bits per heavy atom. The van der Waals surface area contributed by atoms with Crippen LogP contribution in [0.25, 0.3) is 0 Å². The Morgan fingerprint density at radius 3 is 2.32 bits per heavy atom. The Bertz CT molecular complexity index is 531. The summed E-state index contributed by atoms with van der Waals surface area (Å²) in [5.41, 5.74) is -1.45. The van der Waals surface area contributed by atoms with E-state index in [-0.39, 0.29) is 31.9 Å². The Labute approximate surface area is 152 Å². The highest BCUT2D eigenvalue weighted by molar-refractivity contribution is 7.85. The summed E-state index contributed by atoms with van der Waals surface area (Å²) in [7, 11) is -4.44. The molecule has 0 aromatic rings. The van der Waals surface area contributed by atoms with Crippen LogP contribution in [-0.4, -0.2) is 52.2 Å². The van der Waals surface area contributed by atoms with Gasteiger partial charge in [0.05, 0.1) is 19.5 Å². The number of carbonyl (C=O) groups excluding carboxylic acids is 1. The van der Waals surface area contributed by atoms with Crippen molar-refractivity contribution in [1.82, 2.24) is 0 Å². The van der Waals surface area contributed by atoms with Crippen molar-refractivity contribution in [2.45, 2.75) is 51.6 Å². The molecule has 0 aliphatic heterocycles. The second kappa shape index (κ2) is 10.6. The third-order valence-electron chi connectivity index (χ3n) is 4.64. The van der Waals surface area contributed by atoms with Crippen molar-refractivity contribution < 1.29 is 31.4 Å². The molecule has 0 saturated heterocycles. The van der Waals surface area contributed by atoms with Gasteiger partial charge in [0.15, 0.2) is 6.16 Å². The standard InChI is InChI=1S/C16H29O7PS/c1-4-21-15(17)16(12-24-18,22-5-2)14(11-23-25(3,19)20)13-9-7-6-8-10-13/h13-14H,4-12H2,1-3H3/p+1. The van der Waals surface area contributed by atoms with Gasteiger partial charge in [-0.1, -0.05) is 23.8 Å². The molecule has 25 heavy (non-hydrogen) atoms. The molecular weight excluding hydrogens is 367 g/mol. The van der Waals surface area contributed by atoms with Gasteiger partial charge in [-0.05, 0) is 32.6 Å². The molecule has 1 saturated carbocycles. The first kappa shape index (κ1) is 22.5. The van der Waals surface area contributed by atoms with Gasteiger partial charge in [-0.3, -0.25) is 4.18 Å². The lowest BCUT2D eigenvalue weighted by atomic mass is 9.72. The van der Waals surface area contributed by atoms with Crippen molar-refractivity contribution in [1.29, 1.82) is 0 Å². The molecule has 9 heteroatoms. The van der Waals surface area contributed by atoms with Gasteiger partial charge in [0.1, 0.15) is 0 Å². The molecule has 0 spiro atoms. The lowest BCUT2D eigenvalue weighted by Crippen LogP contribution is -2.55. The fraction of sp³-hybridized carbons (Fsp3) is 0.938. The molecule has 0 aromatic carbocycles. The maximum absolute atomic E-state index is 12.8. The summed E-state index contributed by atoms with van der Waals surface area (Å²) in [6.07, 6.45) is 5.78. The lowest BCUT2D eigenvalue weighted by molar-refractivity contribution is -0.182. The summed E-state index contributed by atoms with van der Waals surface area (Å²) >= 11 is 0. The first-order chi connectivity index (χ1) is 11.8. The van der Waals surface area contributed by atoms with Gasteiger partial charge in [-0.15, -0.1) is 0 Å². The second-order valence-electron chi connectivity index (χ2n) is 6.36. The molecule has 0 aromatic heterocycles. The van der Waals surface area contributed by atoms with Crippen molar-refractivity contribution in [3.63, 3.8) is 0 Å². The summed E-state index contributed by atoms with van der Waals surface area (Å²) in [4.78, 5) is 12.8. The van der Waals surface area contributed by atoms with Gasteiger partial charge in [-0.25, -0.2) is 4.79 Å². The molecule has 0 N–H and O–H groups in total. The maximum Gasteiger partial charge on any atom is 0.343 e. The third kappa shape index (κ3) is 6.59. The number of rotatable bonds is 11. The van der Waals surface area contributed by atoms with E-state index >= 15 is 0 Å². The van der Waals surface area contributed by atoms with Crippen LogP contribution in [0.4, 0.5) is 0 Å². The topological polar surface area (TPSA) is 96.0 Å². The van der Waals surface area contributed by atoms with Crippen molar-refractivity contribution in [2.24, 2.45) is 11.8 Å². The smallest absolute Gasteiger partial charge is 0.343 e. The van der Waals surface area contributed by atoms with E-state index in [1.807, 2.05) is 0 Å². The molecule has 0 amide bonds. The molecule has 0 bridgehead atoms. The quantitative estimate of drug-likeness (QED) is 0.300. The van der Waals surface area contributed by atoms with Gasteiger partial charge >= 0.3 is 14.4 Å². The van der Waals surface area contributed by atoms with Crippen LogP contribution in [0.5, 0.6) is 0 Å². The third-order valence-corrected chi connectivity index (χ3v) is 5.87. The fourth-order valence-electron chi connectivity index (χ4n) is 3.57. The molecule has 3 atom stereocenters. The molecule has 1 aliphatic carbocycles. The van der Waals surface area contributed by atoms with Crippen LogP contribution >= 0.6 is 8.46 Å². The average molecular weight is 397 g/mol. The zero-order valence-corrected chi connectivity index (χ0v) is 17.1. The van der Waals surface area contributed by atoms with Gasteiger partial charge < -0.3 is 9.47 Å². The van der Waals surface area contributed by atoms with Crippen LogP contribution in [0.2, 0.25) is 0 Å². The molecule has 7 nitrogen and oxygen atoms in total. The SMILES string of the molecule is CCOC(=O)C(C[PH+]=O)(OCC)C(COS(C)(=O)=O)C1CCCCC1. The maximum atomic E-state index is 12.8. The minimum Gasteiger partial charge on any atom is -0.464 e. The van der Waals surface area contributed by atoms with Crippen LogP contribution in [0.3, 0.4) is 0 Å². The average Bonchev–Trinajstić information content (AvgIpc) is 2.55. The Balaban J connectivity index is 3.26. The van der Waals surface area contributed by atoms with Crippen LogP contribution in [0.1, 0.15) is 46.0 Å². The summed E-state index contributed by atoms with van der Waals surface area (Å²) in [5, 5.41) is 0. The van der Waals surface area contributed by atoms with E-state index in [0.717, 1.165) is 38.4 Å². The predicted octanol–water partition coefficient (Wildman–Crippen LogP) is 2.52. The van der Waals surface area contributed by atoms with E-state index in [2.05, 4.69) is 0 Å². The molecule has 1 fully saturated rings. The molecule has 146 valence electrons.